The number of para-hydroxylation sites is 2. The molecule has 1 aliphatic heterocycles. The molecule has 1 saturated heterocycles. The van der Waals surface area contributed by atoms with Crippen LogP contribution in [0.2, 0.25) is 0 Å². The van der Waals surface area contributed by atoms with E-state index in [0.717, 1.165) is 39.9 Å². The molecule has 0 saturated carbocycles. The molecule has 30 heavy (non-hydrogen) atoms. The lowest BCUT2D eigenvalue weighted by molar-refractivity contribution is -0.135. The number of fused-ring (bicyclic) bond motifs is 3. The summed E-state index contributed by atoms with van der Waals surface area (Å²) in [7, 11) is 0. The zero-order valence-corrected chi connectivity index (χ0v) is 16.3. The Kier molecular flexibility index (Phi) is 4.27. The number of nitrogens with zero attached hydrogens (tertiary/aromatic N) is 2. The van der Waals surface area contributed by atoms with Crippen molar-refractivity contribution < 1.29 is 14.4 Å². The summed E-state index contributed by atoms with van der Waals surface area (Å²) in [4.78, 5) is 46.8. The van der Waals surface area contributed by atoms with Gasteiger partial charge in [-0.2, -0.15) is 0 Å². The van der Waals surface area contributed by atoms with Gasteiger partial charge in [0.05, 0.1) is 17.6 Å². The van der Waals surface area contributed by atoms with Gasteiger partial charge in [0.25, 0.3) is 5.91 Å². The van der Waals surface area contributed by atoms with Crippen molar-refractivity contribution in [3.05, 3.63) is 65.5 Å². The molecule has 2 aliphatic rings. The maximum absolute atomic E-state index is 13.2. The van der Waals surface area contributed by atoms with E-state index in [2.05, 4.69) is 20.6 Å². The molecule has 5 rings (SSSR count). The maximum Gasteiger partial charge on any atom is 0.325 e. The van der Waals surface area contributed by atoms with Crippen molar-refractivity contribution in [1.82, 2.24) is 25.5 Å². The summed E-state index contributed by atoms with van der Waals surface area (Å²) in [6.45, 7) is -0.139. The summed E-state index contributed by atoms with van der Waals surface area (Å²) in [6, 6.07) is 14.7. The Labute approximate surface area is 172 Å². The molecule has 4 amide bonds. The number of H-pyrrole nitrogens is 1. The third kappa shape index (κ3) is 2.92. The van der Waals surface area contributed by atoms with Crippen LogP contribution in [0, 0.1) is 0 Å². The Morgan fingerprint density at radius 1 is 1.13 bits per heavy atom. The molecule has 0 bridgehead atoms. The van der Waals surface area contributed by atoms with Gasteiger partial charge in [0.15, 0.2) is 0 Å². The number of hydrogen-bond acceptors (Lipinski definition) is 4. The Bertz CT molecular complexity index is 1140. The van der Waals surface area contributed by atoms with Gasteiger partial charge in [-0.05, 0) is 42.5 Å². The second-order valence-electron chi connectivity index (χ2n) is 7.71. The number of hydrogen-bond donors (Lipinski definition) is 3. The van der Waals surface area contributed by atoms with Crippen LogP contribution in [0.15, 0.2) is 48.5 Å². The van der Waals surface area contributed by atoms with Crippen LogP contribution in [-0.4, -0.2) is 39.3 Å². The highest BCUT2D eigenvalue weighted by Gasteiger charge is 2.54. The van der Waals surface area contributed by atoms with Gasteiger partial charge in [-0.1, -0.05) is 36.4 Å². The molecule has 3 aromatic rings. The SMILES string of the molecule is O=C(CN1C(=O)NC2(CCCc3ccccc32)C1=O)NCc1nc2ccccc2[nH]1. The molecule has 152 valence electrons. The molecule has 1 aromatic heterocycles. The van der Waals surface area contributed by atoms with Gasteiger partial charge in [-0.15, -0.1) is 0 Å². The number of aromatic amines is 1. The van der Waals surface area contributed by atoms with E-state index in [9.17, 15) is 14.4 Å². The van der Waals surface area contributed by atoms with Crippen LogP contribution in [0.5, 0.6) is 0 Å². The van der Waals surface area contributed by atoms with Gasteiger partial charge in [-0.25, -0.2) is 9.78 Å². The minimum Gasteiger partial charge on any atom is -0.347 e. The number of carbonyl (C=O) groups excluding carboxylic acids is 3. The van der Waals surface area contributed by atoms with E-state index >= 15 is 0 Å². The van der Waals surface area contributed by atoms with E-state index < -0.39 is 17.5 Å². The van der Waals surface area contributed by atoms with Crippen molar-refractivity contribution in [2.75, 3.05) is 6.54 Å². The molecule has 8 heteroatoms. The van der Waals surface area contributed by atoms with E-state index in [0.29, 0.717) is 12.2 Å². The fourth-order valence-electron chi connectivity index (χ4n) is 4.43. The fourth-order valence-corrected chi connectivity index (χ4v) is 4.43. The number of carbonyl (C=O) groups is 3. The van der Waals surface area contributed by atoms with E-state index in [-0.39, 0.29) is 19.0 Å². The number of nitrogens with one attached hydrogen (secondary N) is 3. The first kappa shape index (κ1) is 18.4. The Hall–Kier alpha value is -3.68. The average molecular weight is 403 g/mol. The lowest BCUT2D eigenvalue weighted by Crippen LogP contribution is -2.47. The molecule has 1 unspecified atom stereocenters. The lowest BCUT2D eigenvalue weighted by atomic mass is 9.76. The van der Waals surface area contributed by atoms with E-state index in [1.165, 1.54) is 0 Å². The second-order valence-corrected chi connectivity index (χ2v) is 7.71. The van der Waals surface area contributed by atoms with Gasteiger partial charge in [0, 0.05) is 0 Å². The first-order chi connectivity index (χ1) is 14.6. The highest BCUT2D eigenvalue weighted by molar-refractivity contribution is 6.09. The van der Waals surface area contributed by atoms with Crippen molar-refractivity contribution in [3.8, 4) is 0 Å². The number of imidazole rings is 1. The number of imide groups is 1. The quantitative estimate of drug-likeness (QED) is 0.579. The molecule has 8 nitrogen and oxygen atoms in total. The molecule has 1 spiro atoms. The highest BCUT2D eigenvalue weighted by Crippen LogP contribution is 2.39. The molecule has 2 heterocycles. The second kappa shape index (κ2) is 6.98. The van der Waals surface area contributed by atoms with Crippen molar-refractivity contribution >= 4 is 28.9 Å². The van der Waals surface area contributed by atoms with Gasteiger partial charge < -0.3 is 15.6 Å². The monoisotopic (exact) mass is 403 g/mol. The number of aromatic nitrogens is 2. The first-order valence-corrected chi connectivity index (χ1v) is 10.00. The van der Waals surface area contributed by atoms with Crippen LogP contribution in [-0.2, 0) is 28.1 Å². The van der Waals surface area contributed by atoms with Gasteiger partial charge >= 0.3 is 6.03 Å². The van der Waals surface area contributed by atoms with E-state index in [1.807, 2.05) is 48.5 Å². The van der Waals surface area contributed by atoms with Crippen LogP contribution in [0.1, 0.15) is 29.8 Å². The maximum atomic E-state index is 13.2. The average Bonchev–Trinajstić information content (AvgIpc) is 3.27. The standard InChI is InChI=1S/C22H21N5O3/c28-19(23-12-18-24-16-9-3-4-10-17(16)25-18)13-27-20(29)22(26-21(27)30)11-5-7-14-6-1-2-8-15(14)22/h1-4,6,8-10H,5,7,11-13H2,(H,23,28)(H,24,25)(H,26,30). The predicted octanol–water partition coefficient (Wildman–Crippen LogP) is 1.96. The Morgan fingerprint density at radius 3 is 2.80 bits per heavy atom. The van der Waals surface area contributed by atoms with Gasteiger partial charge in [-0.3, -0.25) is 14.5 Å². The van der Waals surface area contributed by atoms with Crippen LogP contribution in [0.3, 0.4) is 0 Å². The van der Waals surface area contributed by atoms with Crippen molar-refractivity contribution in [2.45, 2.75) is 31.3 Å². The normalized spacial score (nSPS) is 20.5. The summed E-state index contributed by atoms with van der Waals surface area (Å²) in [5.41, 5.74) is 2.53. The topological polar surface area (TPSA) is 107 Å². The molecule has 1 atom stereocenters. The smallest absolute Gasteiger partial charge is 0.325 e. The molecule has 0 radical (unpaired) electrons. The third-order valence-corrected chi connectivity index (χ3v) is 5.84. The highest BCUT2D eigenvalue weighted by atomic mass is 16.2. The van der Waals surface area contributed by atoms with Gasteiger partial charge in [0.2, 0.25) is 5.91 Å². The minimum absolute atomic E-state index is 0.186. The summed E-state index contributed by atoms with van der Waals surface area (Å²) in [5, 5.41) is 5.59. The summed E-state index contributed by atoms with van der Waals surface area (Å²) in [6.07, 6.45) is 2.21. The number of urea groups is 1. The molecule has 1 fully saturated rings. The zero-order chi connectivity index (χ0) is 20.7. The summed E-state index contributed by atoms with van der Waals surface area (Å²) >= 11 is 0. The van der Waals surface area contributed by atoms with Crippen molar-refractivity contribution in [1.29, 1.82) is 0 Å². The minimum atomic E-state index is -1.06. The Balaban J connectivity index is 1.29. The van der Waals surface area contributed by atoms with E-state index in [1.54, 1.807) is 0 Å². The molecular formula is C22H21N5O3. The Morgan fingerprint density at radius 2 is 1.93 bits per heavy atom. The summed E-state index contributed by atoms with van der Waals surface area (Å²) < 4.78 is 0. The molecule has 1 aliphatic carbocycles. The van der Waals surface area contributed by atoms with Crippen molar-refractivity contribution in [3.63, 3.8) is 0 Å². The molecule has 3 N–H and O–H groups in total. The van der Waals surface area contributed by atoms with Gasteiger partial charge in [0.1, 0.15) is 17.9 Å². The fraction of sp³-hybridized carbons (Fsp3) is 0.273. The largest absolute Gasteiger partial charge is 0.347 e. The van der Waals surface area contributed by atoms with Crippen LogP contribution in [0.4, 0.5) is 4.79 Å². The first-order valence-electron chi connectivity index (χ1n) is 10.00. The van der Waals surface area contributed by atoms with E-state index in [4.69, 9.17) is 0 Å². The number of amides is 4. The molecular weight excluding hydrogens is 382 g/mol. The zero-order valence-electron chi connectivity index (χ0n) is 16.3. The predicted molar refractivity (Wildman–Crippen MR) is 109 cm³/mol. The molecule has 2 aromatic carbocycles. The van der Waals surface area contributed by atoms with Crippen LogP contribution in [0.25, 0.3) is 11.0 Å². The lowest BCUT2D eigenvalue weighted by Gasteiger charge is -2.33. The number of benzene rings is 2. The summed E-state index contributed by atoms with van der Waals surface area (Å²) in [5.74, 6) is -0.168. The van der Waals surface area contributed by atoms with Crippen molar-refractivity contribution in [2.24, 2.45) is 0 Å². The van der Waals surface area contributed by atoms with Crippen LogP contribution < -0.4 is 10.6 Å². The third-order valence-electron chi connectivity index (χ3n) is 5.84. The number of rotatable bonds is 4. The number of aryl methyl sites for hydroxylation is 1. The van der Waals surface area contributed by atoms with Crippen LogP contribution >= 0.6 is 0 Å².